The lowest BCUT2D eigenvalue weighted by atomic mass is 10.0. The van der Waals surface area contributed by atoms with Crippen LogP contribution in [-0.4, -0.2) is 60.6 Å². The van der Waals surface area contributed by atoms with Crippen molar-refractivity contribution < 1.29 is 23.1 Å². The number of nitrogens with zero attached hydrogens (tertiary/aromatic N) is 2. The second-order valence-corrected chi connectivity index (χ2v) is 7.35. The summed E-state index contributed by atoms with van der Waals surface area (Å²) in [6, 6.07) is 7.55. The van der Waals surface area contributed by atoms with Gasteiger partial charge < -0.3 is 19.9 Å². The lowest BCUT2D eigenvalue weighted by molar-refractivity contribution is 0.0682. The highest BCUT2D eigenvalue weighted by Crippen LogP contribution is 2.35. The quantitative estimate of drug-likeness (QED) is 0.787. The number of fused-ring (bicyclic) bond motifs is 2. The minimum Gasteiger partial charge on any atom is -0.485 e. The number of benzene rings is 2. The van der Waals surface area contributed by atoms with Crippen LogP contribution < -0.4 is 10.1 Å². The van der Waals surface area contributed by atoms with Crippen LogP contribution in [0.25, 0.3) is 11.1 Å². The molecule has 1 N–H and O–H groups in total. The second kappa shape index (κ2) is 7.78. The maximum absolute atomic E-state index is 14.2. The smallest absolute Gasteiger partial charge is 0.317 e. The lowest BCUT2D eigenvalue weighted by Gasteiger charge is -2.25. The number of hydrogen-bond donors (Lipinski definition) is 1. The zero-order valence-corrected chi connectivity index (χ0v) is 16.4. The van der Waals surface area contributed by atoms with Crippen LogP contribution in [0.5, 0.6) is 5.75 Å². The Balaban J connectivity index is 1.65. The Labute approximate surface area is 172 Å². The van der Waals surface area contributed by atoms with Crippen molar-refractivity contribution in [3.8, 4) is 16.9 Å². The molecular formula is C22H21F2N3O3. The molecule has 8 heteroatoms. The lowest BCUT2D eigenvalue weighted by Crippen LogP contribution is -2.44. The highest BCUT2D eigenvalue weighted by molar-refractivity contribution is 5.98. The second-order valence-electron chi connectivity index (χ2n) is 7.35. The van der Waals surface area contributed by atoms with Crippen molar-refractivity contribution in [3.05, 3.63) is 66.3 Å². The molecule has 2 aliphatic heterocycles. The van der Waals surface area contributed by atoms with E-state index >= 15 is 0 Å². The normalized spacial score (nSPS) is 20.2. The Kier molecular flexibility index (Phi) is 5.15. The molecule has 0 spiro atoms. The van der Waals surface area contributed by atoms with Gasteiger partial charge in [0.15, 0.2) is 0 Å². The van der Waals surface area contributed by atoms with E-state index in [-0.39, 0.29) is 23.5 Å². The molecule has 3 amide bonds. The van der Waals surface area contributed by atoms with Gasteiger partial charge in [-0.2, -0.15) is 0 Å². The predicted octanol–water partition coefficient (Wildman–Crippen LogP) is 3.04. The monoisotopic (exact) mass is 413 g/mol. The molecular weight excluding hydrogens is 392 g/mol. The molecule has 30 heavy (non-hydrogen) atoms. The Morgan fingerprint density at radius 3 is 2.73 bits per heavy atom. The fourth-order valence-electron chi connectivity index (χ4n) is 3.87. The van der Waals surface area contributed by atoms with Gasteiger partial charge in [-0.3, -0.25) is 4.79 Å². The van der Waals surface area contributed by atoms with E-state index in [1.54, 1.807) is 41.1 Å². The van der Waals surface area contributed by atoms with Crippen LogP contribution in [0.3, 0.4) is 0 Å². The first-order valence-corrected chi connectivity index (χ1v) is 9.56. The van der Waals surface area contributed by atoms with E-state index in [9.17, 15) is 18.4 Å². The number of urea groups is 1. The average Bonchev–Trinajstić information content (AvgIpc) is 3.11. The SMILES string of the molecule is C=CCNC(=O)N1C[C@@H]2Oc3cc(-c4ccc(F)cc4F)ccc3C(=O)N(C)[C@@H]2C1. The molecule has 0 aliphatic carbocycles. The summed E-state index contributed by atoms with van der Waals surface area (Å²) in [5.74, 6) is -1.29. The molecule has 2 atom stereocenters. The van der Waals surface area contributed by atoms with Gasteiger partial charge in [0.1, 0.15) is 23.5 Å². The fourth-order valence-corrected chi connectivity index (χ4v) is 3.87. The van der Waals surface area contributed by atoms with Gasteiger partial charge in [-0.05, 0) is 29.8 Å². The minimum atomic E-state index is -0.698. The summed E-state index contributed by atoms with van der Waals surface area (Å²) in [7, 11) is 1.68. The van der Waals surface area contributed by atoms with Crippen LogP contribution in [0.15, 0.2) is 49.1 Å². The first-order chi connectivity index (χ1) is 14.4. The molecule has 0 saturated carbocycles. The number of halogens is 2. The number of hydrogen-bond acceptors (Lipinski definition) is 3. The van der Waals surface area contributed by atoms with Crippen molar-refractivity contribution in [2.75, 3.05) is 26.7 Å². The van der Waals surface area contributed by atoms with E-state index in [2.05, 4.69) is 11.9 Å². The van der Waals surface area contributed by atoms with Crippen molar-refractivity contribution in [2.45, 2.75) is 12.1 Å². The number of amides is 3. The largest absolute Gasteiger partial charge is 0.485 e. The first-order valence-electron chi connectivity index (χ1n) is 9.56. The summed E-state index contributed by atoms with van der Waals surface area (Å²) in [4.78, 5) is 28.5. The van der Waals surface area contributed by atoms with Gasteiger partial charge >= 0.3 is 6.03 Å². The van der Waals surface area contributed by atoms with Crippen LogP contribution in [0.4, 0.5) is 13.6 Å². The molecule has 4 rings (SSSR count). The molecule has 0 bridgehead atoms. The molecule has 1 fully saturated rings. The minimum absolute atomic E-state index is 0.209. The van der Waals surface area contributed by atoms with Crippen molar-refractivity contribution >= 4 is 11.9 Å². The Bertz CT molecular complexity index is 1030. The summed E-state index contributed by atoms with van der Waals surface area (Å²) >= 11 is 0. The third-order valence-corrected chi connectivity index (χ3v) is 5.47. The zero-order valence-electron chi connectivity index (χ0n) is 16.4. The molecule has 2 heterocycles. The number of carbonyl (C=O) groups excluding carboxylic acids is 2. The standard InChI is InChI=1S/C22H21F2N3O3/c1-3-8-25-22(29)27-11-18-20(12-27)30-19-9-13(4-6-16(19)21(28)26(18)2)15-7-5-14(23)10-17(15)24/h3-7,9-10,18,20H,1,8,11-12H2,2H3,(H,25,29)/t18-,20+/m1/s1. The van der Waals surface area contributed by atoms with Gasteiger partial charge in [-0.1, -0.05) is 12.1 Å². The van der Waals surface area contributed by atoms with Gasteiger partial charge in [0, 0.05) is 31.8 Å². The summed E-state index contributed by atoms with van der Waals surface area (Å²) in [6.07, 6.45) is 1.16. The van der Waals surface area contributed by atoms with Gasteiger partial charge in [0.2, 0.25) is 0 Å². The van der Waals surface area contributed by atoms with E-state index in [4.69, 9.17) is 4.74 Å². The van der Waals surface area contributed by atoms with Gasteiger partial charge in [-0.15, -0.1) is 6.58 Å². The van der Waals surface area contributed by atoms with Crippen molar-refractivity contribution in [1.29, 1.82) is 0 Å². The third kappa shape index (κ3) is 3.49. The van der Waals surface area contributed by atoms with E-state index < -0.39 is 17.7 Å². The van der Waals surface area contributed by atoms with E-state index in [1.807, 2.05) is 0 Å². The molecule has 156 valence electrons. The maximum atomic E-state index is 14.2. The maximum Gasteiger partial charge on any atom is 0.317 e. The fraction of sp³-hybridized carbons (Fsp3) is 0.273. The van der Waals surface area contributed by atoms with Gasteiger partial charge in [0.05, 0.1) is 18.2 Å². The number of rotatable bonds is 3. The van der Waals surface area contributed by atoms with E-state index in [0.717, 1.165) is 6.07 Å². The molecule has 2 aromatic rings. The molecule has 0 radical (unpaired) electrons. The number of carbonyl (C=O) groups is 2. The molecule has 2 aliphatic rings. The van der Waals surface area contributed by atoms with Crippen LogP contribution in [-0.2, 0) is 0 Å². The topological polar surface area (TPSA) is 61.9 Å². The molecule has 6 nitrogen and oxygen atoms in total. The average molecular weight is 413 g/mol. The first kappa shape index (κ1) is 19.9. The summed E-state index contributed by atoms with van der Waals surface area (Å²) in [5.41, 5.74) is 1.04. The van der Waals surface area contributed by atoms with E-state index in [1.165, 1.54) is 12.1 Å². The highest BCUT2D eigenvalue weighted by atomic mass is 19.1. The van der Waals surface area contributed by atoms with Crippen molar-refractivity contribution in [3.63, 3.8) is 0 Å². The van der Waals surface area contributed by atoms with Crippen molar-refractivity contribution in [1.82, 2.24) is 15.1 Å². The molecule has 0 unspecified atom stereocenters. The molecule has 1 saturated heterocycles. The van der Waals surface area contributed by atoms with Crippen LogP contribution in [0.1, 0.15) is 10.4 Å². The Hall–Kier alpha value is -3.42. The third-order valence-electron chi connectivity index (χ3n) is 5.47. The Morgan fingerprint density at radius 1 is 1.23 bits per heavy atom. The van der Waals surface area contributed by atoms with Gasteiger partial charge in [0.25, 0.3) is 5.91 Å². The van der Waals surface area contributed by atoms with E-state index in [0.29, 0.717) is 36.5 Å². The highest BCUT2D eigenvalue weighted by Gasteiger charge is 2.43. The number of nitrogens with one attached hydrogen (secondary N) is 1. The molecule has 2 aromatic carbocycles. The number of ether oxygens (including phenoxy) is 1. The van der Waals surface area contributed by atoms with Crippen LogP contribution >= 0.6 is 0 Å². The summed E-state index contributed by atoms with van der Waals surface area (Å²) < 4.78 is 33.6. The predicted molar refractivity (Wildman–Crippen MR) is 107 cm³/mol. The van der Waals surface area contributed by atoms with Gasteiger partial charge in [-0.25, -0.2) is 13.6 Å². The van der Waals surface area contributed by atoms with Crippen LogP contribution in [0, 0.1) is 11.6 Å². The summed E-state index contributed by atoms with van der Waals surface area (Å²) in [6.45, 7) is 4.56. The summed E-state index contributed by atoms with van der Waals surface area (Å²) in [5, 5.41) is 2.72. The molecule has 0 aromatic heterocycles. The zero-order chi connectivity index (χ0) is 21.4. The van der Waals surface area contributed by atoms with Crippen molar-refractivity contribution in [2.24, 2.45) is 0 Å². The number of likely N-dealkylation sites (tertiary alicyclic amines) is 1. The Morgan fingerprint density at radius 2 is 2.00 bits per heavy atom. The van der Waals surface area contributed by atoms with Crippen LogP contribution in [0.2, 0.25) is 0 Å². The number of likely N-dealkylation sites (N-methyl/N-ethyl adjacent to an activating group) is 1.